The summed E-state index contributed by atoms with van der Waals surface area (Å²) in [5.41, 5.74) is 0.576. The summed E-state index contributed by atoms with van der Waals surface area (Å²) in [6.07, 6.45) is 1.62. The van der Waals surface area contributed by atoms with E-state index in [-0.39, 0.29) is 29.7 Å². The van der Waals surface area contributed by atoms with Crippen molar-refractivity contribution < 1.29 is 27.5 Å². The quantitative estimate of drug-likeness (QED) is 0.409. The predicted octanol–water partition coefficient (Wildman–Crippen LogP) is 3.61. The zero-order valence-corrected chi connectivity index (χ0v) is 23.2. The molecule has 3 heterocycles. The van der Waals surface area contributed by atoms with Crippen molar-refractivity contribution in [3.8, 4) is 0 Å². The number of ether oxygens (including phenoxy) is 1. The third-order valence-corrected chi connectivity index (χ3v) is 9.79. The molecule has 2 atom stereocenters. The minimum Gasteiger partial charge on any atom is -0.376 e. The van der Waals surface area contributed by atoms with E-state index in [2.05, 4.69) is 5.32 Å². The standard InChI is InChI=1S/C27H26ClN3O6S2/c28-21-10-3-1-7-18(21)16-30(24(32)17-31-27(34)20-9-2-4-12-23(20)39(31,35)36)25(22-11-6-14-38-22)26(33)29-15-19-8-5-13-37-19/h1-4,6-7,9-12,14,19,25H,5,8,13,15-17H2,(H,29,33)/t19-,25-/m1/s1. The van der Waals surface area contributed by atoms with Crippen molar-refractivity contribution >= 4 is 50.7 Å². The van der Waals surface area contributed by atoms with Crippen molar-refractivity contribution in [3.05, 3.63) is 87.1 Å². The van der Waals surface area contributed by atoms with Gasteiger partial charge in [-0.15, -0.1) is 11.3 Å². The maximum atomic E-state index is 13.9. The molecule has 0 aliphatic carbocycles. The fourth-order valence-corrected chi connectivity index (χ4v) is 7.27. The highest BCUT2D eigenvalue weighted by Gasteiger charge is 2.43. The Morgan fingerprint density at radius 1 is 1.13 bits per heavy atom. The van der Waals surface area contributed by atoms with Crippen molar-refractivity contribution in [2.45, 2.75) is 36.4 Å². The number of carbonyl (C=O) groups is 3. The van der Waals surface area contributed by atoms with Crippen LogP contribution in [0.2, 0.25) is 5.02 Å². The molecule has 39 heavy (non-hydrogen) atoms. The Morgan fingerprint density at radius 3 is 2.59 bits per heavy atom. The van der Waals surface area contributed by atoms with Gasteiger partial charge in [-0.2, -0.15) is 0 Å². The molecular weight excluding hydrogens is 562 g/mol. The molecule has 5 rings (SSSR count). The van der Waals surface area contributed by atoms with Crippen LogP contribution in [-0.4, -0.2) is 61.1 Å². The van der Waals surface area contributed by atoms with E-state index in [0.717, 1.165) is 12.8 Å². The van der Waals surface area contributed by atoms with Crippen LogP contribution in [0.15, 0.2) is 70.9 Å². The second-order valence-electron chi connectivity index (χ2n) is 9.22. The third kappa shape index (κ3) is 5.58. The molecule has 1 aromatic heterocycles. The topological polar surface area (TPSA) is 113 Å². The molecule has 2 aromatic carbocycles. The van der Waals surface area contributed by atoms with Crippen molar-refractivity contribution in [1.29, 1.82) is 0 Å². The molecule has 0 spiro atoms. The first-order valence-corrected chi connectivity index (χ1v) is 15.1. The van der Waals surface area contributed by atoms with Crippen molar-refractivity contribution in [2.24, 2.45) is 0 Å². The Bertz CT molecular complexity index is 1490. The van der Waals surface area contributed by atoms with Gasteiger partial charge in [-0.25, -0.2) is 12.7 Å². The van der Waals surface area contributed by atoms with Crippen molar-refractivity contribution in [2.75, 3.05) is 19.7 Å². The molecule has 2 aliphatic heterocycles. The Balaban J connectivity index is 1.48. The Hall–Kier alpha value is -3.25. The van der Waals surface area contributed by atoms with Gasteiger partial charge in [-0.05, 0) is 48.1 Å². The number of carbonyl (C=O) groups excluding carboxylic acids is 3. The van der Waals surface area contributed by atoms with E-state index in [4.69, 9.17) is 16.3 Å². The van der Waals surface area contributed by atoms with Crippen LogP contribution in [0.1, 0.15) is 39.7 Å². The lowest BCUT2D eigenvalue weighted by Crippen LogP contribution is -2.48. The number of rotatable bonds is 9. The molecule has 0 bridgehead atoms. The molecule has 0 unspecified atom stereocenters. The smallest absolute Gasteiger partial charge is 0.269 e. The molecule has 12 heteroatoms. The number of thiophene rings is 1. The molecule has 9 nitrogen and oxygen atoms in total. The summed E-state index contributed by atoms with van der Waals surface area (Å²) >= 11 is 7.71. The molecule has 0 saturated carbocycles. The Labute approximate surface area is 235 Å². The van der Waals surface area contributed by atoms with Gasteiger partial charge in [-0.1, -0.05) is 48.0 Å². The molecular formula is C27H26ClN3O6S2. The minimum atomic E-state index is -4.23. The number of hydrogen-bond acceptors (Lipinski definition) is 7. The highest BCUT2D eigenvalue weighted by molar-refractivity contribution is 7.90. The van der Waals surface area contributed by atoms with Gasteiger partial charge in [0.25, 0.3) is 15.9 Å². The van der Waals surface area contributed by atoms with Gasteiger partial charge in [-0.3, -0.25) is 14.4 Å². The number of nitrogens with one attached hydrogen (secondary N) is 1. The lowest BCUT2D eigenvalue weighted by molar-refractivity contribution is -0.141. The summed E-state index contributed by atoms with van der Waals surface area (Å²) < 4.78 is 32.5. The Morgan fingerprint density at radius 2 is 1.90 bits per heavy atom. The fraction of sp³-hybridized carbons (Fsp3) is 0.296. The van der Waals surface area contributed by atoms with E-state index in [1.165, 1.54) is 34.4 Å². The van der Waals surface area contributed by atoms with E-state index >= 15 is 0 Å². The van der Waals surface area contributed by atoms with Gasteiger partial charge in [0.15, 0.2) is 0 Å². The van der Waals surface area contributed by atoms with Gasteiger partial charge in [0.1, 0.15) is 17.5 Å². The van der Waals surface area contributed by atoms with E-state index < -0.39 is 40.3 Å². The number of benzene rings is 2. The largest absolute Gasteiger partial charge is 0.376 e. The molecule has 0 radical (unpaired) electrons. The predicted molar refractivity (Wildman–Crippen MR) is 146 cm³/mol. The number of sulfonamides is 1. The first-order valence-electron chi connectivity index (χ1n) is 12.4. The lowest BCUT2D eigenvalue weighted by Gasteiger charge is -2.32. The molecule has 1 fully saturated rings. The van der Waals surface area contributed by atoms with E-state index in [9.17, 15) is 22.8 Å². The maximum absolute atomic E-state index is 13.9. The molecule has 204 valence electrons. The van der Waals surface area contributed by atoms with Gasteiger partial charge >= 0.3 is 0 Å². The van der Waals surface area contributed by atoms with Crippen LogP contribution in [0.5, 0.6) is 0 Å². The zero-order valence-electron chi connectivity index (χ0n) is 20.8. The van der Waals surface area contributed by atoms with Crippen molar-refractivity contribution in [1.82, 2.24) is 14.5 Å². The number of fused-ring (bicyclic) bond motifs is 1. The number of amides is 3. The molecule has 3 amide bonds. The van der Waals surface area contributed by atoms with Gasteiger partial charge in [0, 0.05) is 29.6 Å². The first kappa shape index (κ1) is 27.3. The average molecular weight is 588 g/mol. The second-order valence-corrected chi connectivity index (χ2v) is 12.4. The van der Waals surface area contributed by atoms with Crippen LogP contribution in [-0.2, 0) is 30.9 Å². The number of nitrogens with zero attached hydrogens (tertiary/aromatic N) is 2. The van der Waals surface area contributed by atoms with Crippen molar-refractivity contribution in [3.63, 3.8) is 0 Å². The van der Waals surface area contributed by atoms with Crippen LogP contribution in [0.4, 0.5) is 0 Å². The summed E-state index contributed by atoms with van der Waals surface area (Å²) in [7, 11) is -4.23. The van der Waals surface area contributed by atoms with Crippen LogP contribution >= 0.6 is 22.9 Å². The molecule has 1 saturated heterocycles. The SMILES string of the molecule is O=C(NC[C@H]1CCCO1)[C@@H](c1cccs1)N(Cc1ccccc1Cl)C(=O)CN1C(=O)c2ccccc2S1(=O)=O. The normalized spacial score (nSPS) is 18.5. The second kappa shape index (κ2) is 11.5. The lowest BCUT2D eigenvalue weighted by atomic mass is 10.1. The van der Waals surface area contributed by atoms with Crippen LogP contribution < -0.4 is 5.32 Å². The van der Waals surface area contributed by atoms with Crippen LogP contribution in [0.3, 0.4) is 0 Å². The number of halogens is 1. The minimum absolute atomic E-state index is 0.00654. The molecule has 1 N–H and O–H groups in total. The Kier molecular flexibility index (Phi) is 8.03. The van der Waals surface area contributed by atoms with E-state index in [1.807, 2.05) is 0 Å². The summed E-state index contributed by atoms with van der Waals surface area (Å²) in [6, 6.07) is 15.1. The van der Waals surface area contributed by atoms with Crippen LogP contribution in [0.25, 0.3) is 0 Å². The van der Waals surface area contributed by atoms with Gasteiger partial charge in [0.05, 0.1) is 11.7 Å². The van der Waals surface area contributed by atoms with E-state index in [1.54, 1.807) is 47.8 Å². The van der Waals surface area contributed by atoms with E-state index in [0.29, 0.717) is 26.4 Å². The first-order chi connectivity index (χ1) is 18.8. The monoisotopic (exact) mass is 587 g/mol. The zero-order chi connectivity index (χ0) is 27.6. The average Bonchev–Trinajstić information content (AvgIpc) is 3.68. The van der Waals surface area contributed by atoms with Gasteiger partial charge < -0.3 is 15.0 Å². The molecule has 2 aliphatic rings. The van der Waals surface area contributed by atoms with Gasteiger partial charge in [0.2, 0.25) is 11.8 Å². The summed E-state index contributed by atoms with van der Waals surface area (Å²) in [6.45, 7) is 0.0699. The van der Waals surface area contributed by atoms with Crippen LogP contribution in [0, 0.1) is 0 Å². The maximum Gasteiger partial charge on any atom is 0.269 e. The summed E-state index contributed by atoms with van der Waals surface area (Å²) in [4.78, 5) is 42.3. The summed E-state index contributed by atoms with van der Waals surface area (Å²) in [5.74, 6) is -1.94. The summed E-state index contributed by atoms with van der Waals surface area (Å²) in [5, 5.41) is 5.08. The molecule has 3 aromatic rings. The third-order valence-electron chi connectivity index (χ3n) is 6.71. The number of hydrogen-bond donors (Lipinski definition) is 1. The fourth-order valence-electron chi connectivity index (χ4n) is 4.72. The highest BCUT2D eigenvalue weighted by atomic mass is 35.5. The highest BCUT2D eigenvalue weighted by Crippen LogP contribution is 2.33.